The average molecular weight is 436 g/mol. The van der Waals surface area contributed by atoms with E-state index in [1.54, 1.807) is 19.1 Å². The van der Waals surface area contributed by atoms with Crippen molar-refractivity contribution in [1.82, 2.24) is 15.4 Å². The van der Waals surface area contributed by atoms with Gasteiger partial charge in [-0.2, -0.15) is 0 Å². The number of rotatable bonds is 8. The maximum absolute atomic E-state index is 12.2. The van der Waals surface area contributed by atoms with E-state index in [4.69, 9.17) is 28.6 Å². The molecule has 0 saturated carbocycles. The maximum atomic E-state index is 12.2. The minimum absolute atomic E-state index is 0.146. The first kappa shape index (κ1) is 22.4. The van der Waals surface area contributed by atoms with Gasteiger partial charge in [-0.3, -0.25) is 10.9 Å². The van der Waals surface area contributed by atoms with Gasteiger partial charge >= 0.3 is 6.03 Å². The van der Waals surface area contributed by atoms with Gasteiger partial charge in [-0.25, -0.2) is 14.8 Å². The number of pyridine rings is 2. The van der Waals surface area contributed by atoms with E-state index < -0.39 is 6.03 Å². The van der Waals surface area contributed by atoms with Crippen molar-refractivity contribution in [3.8, 4) is 0 Å². The molecule has 0 atom stereocenters. The van der Waals surface area contributed by atoms with Crippen molar-refractivity contribution in [3.63, 3.8) is 0 Å². The van der Waals surface area contributed by atoms with Crippen molar-refractivity contribution in [2.75, 3.05) is 22.6 Å². The number of nitrogens with zero attached hydrogens (tertiary/aromatic N) is 2. The molecule has 0 radical (unpaired) electrons. The van der Waals surface area contributed by atoms with Gasteiger partial charge in [0.25, 0.3) is 0 Å². The number of hydrogen-bond donors (Lipinski definition) is 5. The van der Waals surface area contributed by atoms with E-state index in [2.05, 4.69) is 38.0 Å². The standard InChI is InChI=1S/C19H23Cl2N7O/c1-5-6-23-18-17(11(4)22)13(10(2)3)9-16(26-18)27-28-19(29)24-12-7-14(20)25-15(21)8-12/h5,7-10,22H,1,6H2,2-4H3,(H2,23,26,27)(H2,24,25,28,29). The fourth-order valence-electron chi connectivity index (χ4n) is 2.60. The second-order valence-corrected chi connectivity index (χ2v) is 7.25. The lowest BCUT2D eigenvalue weighted by Crippen LogP contribution is -2.34. The summed E-state index contributed by atoms with van der Waals surface area (Å²) in [6.07, 6.45) is 1.70. The fraction of sp³-hybridized carbons (Fsp3) is 0.263. The minimum atomic E-state index is -0.538. The zero-order valence-electron chi connectivity index (χ0n) is 16.4. The Kier molecular flexibility index (Phi) is 7.81. The molecule has 5 N–H and O–H groups in total. The van der Waals surface area contributed by atoms with Crippen LogP contribution in [0.3, 0.4) is 0 Å². The van der Waals surface area contributed by atoms with Gasteiger partial charge in [0.1, 0.15) is 21.9 Å². The lowest BCUT2D eigenvalue weighted by molar-refractivity contribution is 0.254. The minimum Gasteiger partial charge on any atom is -0.366 e. The summed E-state index contributed by atoms with van der Waals surface area (Å²) in [6, 6.07) is 4.21. The predicted molar refractivity (Wildman–Crippen MR) is 120 cm³/mol. The third-order valence-electron chi connectivity index (χ3n) is 3.79. The van der Waals surface area contributed by atoms with E-state index in [-0.39, 0.29) is 16.2 Å². The molecule has 2 heterocycles. The van der Waals surface area contributed by atoms with Gasteiger partial charge in [0.15, 0.2) is 0 Å². The van der Waals surface area contributed by atoms with Crippen LogP contribution in [0, 0.1) is 5.41 Å². The van der Waals surface area contributed by atoms with Crippen molar-refractivity contribution in [3.05, 3.63) is 52.3 Å². The van der Waals surface area contributed by atoms with Gasteiger partial charge in [0.2, 0.25) is 0 Å². The summed E-state index contributed by atoms with van der Waals surface area (Å²) in [7, 11) is 0. The van der Waals surface area contributed by atoms with Crippen molar-refractivity contribution >= 4 is 52.3 Å². The Hall–Kier alpha value is -2.84. The molecule has 154 valence electrons. The predicted octanol–water partition coefficient (Wildman–Crippen LogP) is 5.04. The van der Waals surface area contributed by atoms with Crippen LogP contribution in [0.4, 0.5) is 22.1 Å². The van der Waals surface area contributed by atoms with Crippen LogP contribution < -0.4 is 21.5 Å². The molecule has 0 spiro atoms. The summed E-state index contributed by atoms with van der Waals surface area (Å²) < 4.78 is 0. The summed E-state index contributed by atoms with van der Waals surface area (Å²) in [4.78, 5) is 20.5. The Balaban J connectivity index is 2.20. The van der Waals surface area contributed by atoms with Crippen LogP contribution in [0.5, 0.6) is 0 Å². The molecule has 0 bridgehead atoms. The molecule has 0 unspecified atom stereocenters. The number of amides is 2. The molecule has 2 aromatic rings. The number of hydrogen-bond acceptors (Lipinski definition) is 6. The number of nitrogens with one attached hydrogen (secondary N) is 5. The molecule has 0 aliphatic heterocycles. The first-order chi connectivity index (χ1) is 13.7. The number of carbonyl (C=O) groups excluding carboxylic acids is 1. The normalized spacial score (nSPS) is 10.4. The smallest absolute Gasteiger partial charge is 0.337 e. The Bertz CT molecular complexity index is 911. The number of carbonyl (C=O) groups is 1. The average Bonchev–Trinajstić information content (AvgIpc) is 2.62. The second-order valence-electron chi connectivity index (χ2n) is 6.47. The maximum Gasteiger partial charge on any atom is 0.337 e. The number of urea groups is 1. The third kappa shape index (κ3) is 6.33. The highest BCUT2D eigenvalue weighted by molar-refractivity contribution is 6.33. The first-order valence-corrected chi connectivity index (χ1v) is 9.58. The van der Waals surface area contributed by atoms with E-state index in [1.807, 2.05) is 13.8 Å². The highest BCUT2D eigenvalue weighted by atomic mass is 35.5. The van der Waals surface area contributed by atoms with Gasteiger partial charge in [-0.15, -0.1) is 6.58 Å². The molecule has 2 amide bonds. The Morgan fingerprint density at radius 3 is 2.45 bits per heavy atom. The summed E-state index contributed by atoms with van der Waals surface area (Å²) >= 11 is 11.7. The van der Waals surface area contributed by atoms with Crippen molar-refractivity contribution in [2.45, 2.75) is 26.7 Å². The highest BCUT2D eigenvalue weighted by Gasteiger charge is 2.17. The van der Waals surface area contributed by atoms with Gasteiger partial charge < -0.3 is 16.0 Å². The quantitative estimate of drug-likeness (QED) is 0.172. The Morgan fingerprint density at radius 1 is 1.24 bits per heavy atom. The van der Waals surface area contributed by atoms with E-state index in [9.17, 15) is 4.79 Å². The molecule has 0 aromatic carbocycles. The van der Waals surface area contributed by atoms with E-state index >= 15 is 0 Å². The molecule has 2 rings (SSSR count). The zero-order chi connectivity index (χ0) is 21.6. The zero-order valence-corrected chi connectivity index (χ0v) is 17.9. The molecular formula is C19H23Cl2N7O. The molecule has 0 aliphatic carbocycles. The van der Waals surface area contributed by atoms with Crippen LogP contribution in [0.1, 0.15) is 37.8 Å². The van der Waals surface area contributed by atoms with Gasteiger partial charge in [-0.05, 0) is 36.6 Å². The monoisotopic (exact) mass is 435 g/mol. The van der Waals surface area contributed by atoms with Crippen LogP contribution in [0.2, 0.25) is 10.3 Å². The second kappa shape index (κ2) is 10.1. The topological polar surface area (TPSA) is 115 Å². The van der Waals surface area contributed by atoms with E-state index in [0.29, 0.717) is 29.6 Å². The fourth-order valence-corrected chi connectivity index (χ4v) is 3.06. The van der Waals surface area contributed by atoms with E-state index in [1.165, 1.54) is 12.1 Å². The molecule has 29 heavy (non-hydrogen) atoms. The van der Waals surface area contributed by atoms with Crippen LogP contribution in [-0.2, 0) is 0 Å². The molecule has 0 aliphatic rings. The molecule has 8 nitrogen and oxygen atoms in total. The Morgan fingerprint density at radius 2 is 1.90 bits per heavy atom. The van der Waals surface area contributed by atoms with Gasteiger partial charge in [0.05, 0.1) is 0 Å². The summed E-state index contributed by atoms with van der Waals surface area (Å²) in [5, 5.41) is 14.2. The lowest BCUT2D eigenvalue weighted by Gasteiger charge is -2.19. The first-order valence-electron chi connectivity index (χ1n) is 8.82. The van der Waals surface area contributed by atoms with Crippen LogP contribution in [0.25, 0.3) is 0 Å². The number of aromatic nitrogens is 2. The number of hydrazine groups is 1. The summed E-state index contributed by atoms with van der Waals surface area (Å²) in [5.41, 5.74) is 7.75. The summed E-state index contributed by atoms with van der Waals surface area (Å²) in [6.45, 7) is 9.96. The molecule has 10 heteroatoms. The number of anilines is 3. The van der Waals surface area contributed by atoms with Gasteiger partial charge in [0, 0.05) is 23.5 Å². The van der Waals surface area contributed by atoms with Gasteiger partial charge in [-0.1, -0.05) is 43.1 Å². The van der Waals surface area contributed by atoms with Crippen molar-refractivity contribution in [1.29, 1.82) is 5.41 Å². The SMILES string of the molecule is C=CCNc1nc(NNC(=O)Nc2cc(Cl)nc(Cl)c2)cc(C(C)C)c1C(C)=N. The van der Waals surface area contributed by atoms with Crippen molar-refractivity contribution in [2.24, 2.45) is 0 Å². The van der Waals surface area contributed by atoms with E-state index in [0.717, 1.165) is 11.1 Å². The molecule has 2 aromatic heterocycles. The molecule has 0 saturated heterocycles. The third-order valence-corrected chi connectivity index (χ3v) is 4.17. The molecule has 0 fully saturated rings. The van der Waals surface area contributed by atoms with Crippen LogP contribution in [-0.4, -0.2) is 28.3 Å². The van der Waals surface area contributed by atoms with Crippen LogP contribution >= 0.6 is 23.2 Å². The number of halogens is 2. The summed E-state index contributed by atoms with van der Waals surface area (Å²) in [5.74, 6) is 1.11. The lowest BCUT2D eigenvalue weighted by atomic mass is 9.95. The highest BCUT2D eigenvalue weighted by Crippen LogP contribution is 2.28. The van der Waals surface area contributed by atoms with Crippen LogP contribution in [0.15, 0.2) is 30.9 Å². The Labute approximate surface area is 179 Å². The van der Waals surface area contributed by atoms with Crippen molar-refractivity contribution < 1.29 is 4.79 Å². The largest absolute Gasteiger partial charge is 0.366 e. The molecular weight excluding hydrogens is 413 g/mol.